The maximum Gasteiger partial charge on any atom is 0.410 e. The quantitative estimate of drug-likeness (QED) is 0.333. The molecular weight excluding hydrogens is 576 g/mol. The van der Waals surface area contributed by atoms with Gasteiger partial charge in [-0.2, -0.15) is 0 Å². The van der Waals surface area contributed by atoms with E-state index >= 15 is 0 Å². The molecule has 0 aromatic heterocycles. The molecule has 46 heavy (non-hydrogen) atoms. The average molecular weight is 639 g/mol. The summed E-state index contributed by atoms with van der Waals surface area (Å²) in [4.78, 5) is 43.1. The third-order valence-electron chi connectivity index (χ3n) is 14.5. The number of nitrogens with zero attached hydrogens (tertiary/aromatic N) is 1. The van der Waals surface area contributed by atoms with Crippen molar-refractivity contribution in [2.45, 2.75) is 151 Å². The fourth-order valence-electron chi connectivity index (χ4n) is 12.6. The minimum Gasteiger partial charge on any atom is -0.444 e. The Hall–Kier alpha value is -1.89. The Labute approximate surface area is 278 Å². The van der Waals surface area contributed by atoms with Gasteiger partial charge in [0.05, 0.1) is 17.6 Å². The number of nitrogens with one attached hydrogen (secondary N) is 1. The summed E-state index contributed by atoms with van der Waals surface area (Å²) >= 11 is 0. The molecule has 0 spiro atoms. The van der Waals surface area contributed by atoms with Crippen LogP contribution in [0.25, 0.3) is 0 Å². The predicted molar refractivity (Wildman–Crippen MR) is 180 cm³/mol. The first kappa shape index (κ1) is 34.0. The van der Waals surface area contributed by atoms with E-state index < -0.39 is 11.0 Å². The van der Waals surface area contributed by atoms with Gasteiger partial charge in [-0.1, -0.05) is 41.5 Å². The van der Waals surface area contributed by atoms with Crippen LogP contribution in [0.1, 0.15) is 133 Å². The highest BCUT2D eigenvalue weighted by Crippen LogP contribution is 2.72. The molecule has 9 atom stereocenters. The maximum absolute atomic E-state index is 14.5. The highest BCUT2D eigenvalue weighted by atomic mass is 16.6. The minimum absolute atomic E-state index is 0.00745. The third kappa shape index (κ3) is 5.10. The summed E-state index contributed by atoms with van der Waals surface area (Å²) < 4.78 is 5.68. The number of amides is 2. The van der Waals surface area contributed by atoms with E-state index in [1.54, 1.807) is 4.90 Å². The van der Waals surface area contributed by atoms with Gasteiger partial charge in [-0.15, -0.1) is 0 Å². The highest BCUT2D eigenvalue weighted by Gasteiger charge is 2.67. The van der Waals surface area contributed by atoms with Crippen LogP contribution >= 0.6 is 0 Å². The number of hydrogen-bond acceptors (Lipinski definition) is 5. The van der Waals surface area contributed by atoms with Gasteiger partial charge in [0.15, 0.2) is 5.78 Å². The Morgan fingerprint density at radius 2 is 1.65 bits per heavy atom. The van der Waals surface area contributed by atoms with Crippen molar-refractivity contribution in [2.24, 2.45) is 51.2 Å². The number of hydrogen-bond donors (Lipinski definition) is 2. The molecule has 2 amide bonds. The number of allylic oxidation sites excluding steroid dienone is 1. The number of aliphatic hydroxyl groups is 1. The van der Waals surface area contributed by atoms with E-state index in [1.807, 2.05) is 20.8 Å². The van der Waals surface area contributed by atoms with Crippen molar-refractivity contribution in [1.29, 1.82) is 0 Å². The van der Waals surface area contributed by atoms with Crippen LogP contribution in [0.2, 0.25) is 0 Å². The van der Waals surface area contributed by atoms with Crippen LogP contribution in [-0.4, -0.2) is 58.6 Å². The van der Waals surface area contributed by atoms with Gasteiger partial charge in [0.1, 0.15) is 5.60 Å². The summed E-state index contributed by atoms with van der Waals surface area (Å²) in [7, 11) is 0. The minimum atomic E-state index is -0.769. The number of carbonyl (C=O) groups is 3. The Bertz CT molecular complexity index is 1300. The molecule has 1 heterocycles. The van der Waals surface area contributed by atoms with Crippen molar-refractivity contribution in [3.63, 3.8) is 0 Å². The summed E-state index contributed by atoms with van der Waals surface area (Å²) in [6.45, 7) is 20.6. The first-order chi connectivity index (χ1) is 21.4. The van der Waals surface area contributed by atoms with Gasteiger partial charge in [-0.05, 0) is 142 Å². The number of ether oxygens (including phenoxy) is 1. The summed E-state index contributed by atoms with van der Waals surface area (Å²) in [6, 6.07) is -0.0933. The van der Waals surface area contributed by atoms with E-state index in [0.717, 1.165) is 69.8 Å². The highest BCUT2D eigenvalue weighted by molar-refractivity contribution is 6.06. The largest absolute Gasteiger partial charge is 0.444 e. The molecule has 0 bridgehead atoms. The van der Waals surface area contributed by atoms with E-state index in [4.69, 9.17) is 4.74 Å². The Kier molecular flexibility index (Phi) is 8.38. The molecule has 7 nitrogen and oxygen atoms in total. The van der Waals surface area contributed by atoms with Crippen LogP contribution < -0.4 is 5.32 Å². The Morgan fingerprint density at radius 3 is 2.33 bits per heavy atom. The molecule has 1 saturated heterocycles. The molecule has 1 aliphatic heterocycles. The molecule has 4 saturated carbocycles. The van der Waals surface area contributed by atoms with Gasteiger partial charge < -0.3 is 20.1 Å². The van der Waals surface area contributed by atoms with E-state index in [9.17, 15) is 19.5 Å². The zero-order valence-electron chi connectivity index (χ0n) is 30.3. The number of carbonyl (C=O) groups excluding carboxylic acids is 3. The Balaban J connectivity index is 1.27. The van der Waals surface area contributed by atoms with Crippen LogP contribution in [0.5, 0.6) is 0 Å². The fraction of sp³-hybridized carbons (Fsp3) is 0.872. The van der Waals surface area contributed by atoms with Crippen molar-refractivity contribution in [3.8, 4) is 0 Å². The smallest absolute Gasteiger partial charge is 0.410 e. The molecule has 6 aliphatic rings. The van der Waals surface area contributed by atoms with Gasteiger partial charge in [-0.25, -0.2) is 4.79 Å². The van der Waals surface area contributed by atoms with Crippen LogP contribution in [0.4, 0.5) is 4.79 Å². The lowest BCUT2D eigenvalue weighted by molar-refractivity contribution is -0.203. The van der Waals surface area contributed by atoms with E-state index in [1.165, 1.54) is 5.57 Å². The molecule has 7 heteroatoms. The van der Waals surface area contributed by atoms with Gasteiger partial charge in [-0.3, -0.25) is 9.59 Å². The first-order valence-electron chi connectivity index (χ1n) is 18.6. The summed E-state index contributed by atoms with van der Waals surface area (Å²) in [6.07, 6.45) is 9.63. The second kappa shape index (κ2) is 11.3. The van der Waals surface area contributed by atoms with Crippen molar-refractivity contribution in [1.82, 2.24) is 10.2 Å². The molecule has 5 aliphatic carbocycles. The molecule has 5 unspecified atom stereocenters. The number of rotatable bonds is 4. The third-order valence-corrected chi connectivity index (χ3v) is 14.5. The first-order valence-corrected chi connectivity index (χ1v) is 18.6. The second-order valence-electron chi connectivity index (χ2n) is 18.7. The van der Waals surface area contributed by atoms with Crippen molar-refractivity contribution >= 4 is 17.8 Å². The van der Waals surface area contributed by atoms with Crippen molar-refractivity contribution in [3.05, 3.63) is 11.1 Å². The molecule has 2 N–H and O–H groups in total. The Morgan fingerprint density at radius 1 is 0.957 bits per heavy atom. The normalized spacial score (nSPS) is 41.9. The number of Topliss-reactive ketones (excluding diaryl/α,β-unsaturated/α-hetero) is 1. The number of likely N-dealkylation sites (tertiary alicyclic amines) is 1. The zero-order valence-corrected chi connectivity index (χ0v) is 30.3. The van der Waals surface area contributed by atoms with Crippen LogP contribution in [-0.2, 0) is 14.3 Å². The molecule has 258 valence electrons. The van der Waals surface area contributed by atoms with Gasteiger partial charge >= 0.3 is 6.09 Å². The van der Waals surface area contributed by atoms with E-state index in [0.29, 0.717) is 30.8 Å². The monoisotopic (exact) mass is 638 g/mol. The number of aliphatic hydroxyl groups excluding tert-OH is 1. The standard InChI is InChI=1S/C39H62N2O5/c1-23(2)31-27(42)21-39(33(44)40-22-24-11-10-20-41(24)34(45)46-35(3,4)5)19-14-26-25(32(31)39)12-13-29-37(26,8)17-15-28-36(6,7)30(43)16-18-38(28,29)9/h23-26,28-30,43H,10-22H2,1-9H3,(H,40,44)/t24-,25?,26?,28?,29?,30+,37+,38+,39?/m1/s1. The van der Waals surface area contributed by atoms with Gasteiger partial charge in [0, 0.05) is 19.5 Å². The summed E-state index contributed by atoms with van der Waals surface area (Å²) in [5.74, 6) is 2.09. The molecule has 6 rings (SSSR count). The maximum atomic E-state index is 14.5. The van der Waals surface area contributed by atoms with Gasteiger partial charge in [0.25, 0.3) is 0 Å². The molecule has 0 radical (unpaired) electrons. The topological polar surface area (TPSA) is 95.9 Å². The molecule has 0 aromatic rings. The molecule has 5 fully saturated rings. The van der Waals surface area contributed by atoms with Crippen LogP contribution in [0.15, 0.2) is 11.1 Å². The molecular formula is C39H62N2O5. The SMILES string of the molecule is CC(C)C1=C2C3CCC4[C@@](C)(CCC5C(C)(C)[C@@H](O)CC[C@@]54C)C3CCC2(C(=O)NC[C@H]2CCCN2C(=O)OC(C)(C)C)CC1=O. The lowest BCUT2D eigenvalue weighted by atomic mass is 9.36. The van der Waals surface area contributed by atoms with Crippen LogP contribution in [0.3, 0.4) is 0 Å². The number of ketones is 1. The summed E-state index contributed by atoms with van der Waals surface area (Å²) in [5.41, 5.74) is 1.07. The van der Waals surface area contributed by atoms with Crippen LogP contribution in [0, 0.1) is 51.2 Å². The van der Waals surface area contributed by atoms with Crippen molar-refractivity contribution in [2.75, 3.05) is 13.1 Å². The second-order valence-corrected chi connectivity index (χ2v) is 18.7. The number of fused-ring (bicyclic) bond motifs is 7. The summed E-state index contributed by atoms with van der Waals surface area (Å²) in [5, 5.41) is 14.3. The fourth-order valence-corrected chi connectivity index (χ4v) is 12.6. The van der Waals surface area contributed by atoms with Gasteiger partial charge in [0.2, 0.25) is 5.91 Å². The lowest BCUT2D eigenvalue weighted by Gasteiger charge is -2.68. The lowest BCUT2D eigenvalue weighted by Crippen LogP contribution is -2.63. The zero-order chi connectivity index (χ0) is 33.6. The average Bonchev–Trinajstić information content (AvgIpc) is 3.55. The van der Waals surface area contributed by atoms with E-state index in [2.05, 4.69) is 46.9 Å². The predicted octanol–water partition coefficient (Wildman–Crippen LogP) is 7.45. The van der Waals surface area contributed by atoms with Crippen molar-refractivity contribution < 1.29 is 24.2 Å². The molecule has 0 aromatic carbocycles. The van der Waals surface area contributed by atoms with E-state index in [-0.39, 0.29) is 64.4 Å².